The van der Waals surface area contributed by atoms with E-state index in [0.29, 0.717) is 21.3 Å². The number of halogens is 1. The van der Waals surface area contributed by atoms with Gasteiger partial charge in [-0.05, 0) is 30.7 Å². The number of aryl methyl sites for hydroxylation is 1. The first-order valence-corrected chi connectivity index (χ1v) is 7.60. The Labute approximate surface area is 130 Å². The predicted octanol–water partition coefficient (Wildman–Crippen LogP) is 3.08. The van der Waals surface area contributed by atoms with Crippen molar-refractivity contribution in [1.29, 1.82) is 5.26 Å². The Morgan fingerprint density at radius 2 is 2.23 bits per heavy atom. The maximum Gasteiger partial charge on any atom is 0.262 e. The van der Waals surface area contributed by atoms with Crippen molar-refractivity contribution in [3.8, 4) is 6.07 Å². The number of benzene rings is 1. The largest absolute Gasteiger partial charge is 0.294 e. The quantitative estimate of drug-likeness (QED) is 0.746. The molecule has 1 aromatic carbocycles. The van der Waals surface area contributed by atoms with Crippen LogP contribution in [0.5, 0.6) is 0 Å². The Hall–Kier alpha value is -2.52. The molecule has 0 radical (unpaired) electrons. The minimum Gasteiger partial charge on any atom is -0.294 e. The fourth-order valence-electron chi connectivity index (χ4n) is 2.25. The molecule has 0 atom stereocenters. The van der Waals surface area contributed by atoms with Gasteiger partial charge in [0, 0.05) is 10.4 Å². The highest BCUT2D eigenvalue weighted by Gasteiger charge is 2.10. The van der Waals surface area contributed by atoms with Crippen LogP contribution in [0.15, 0.2) is 35.4 Å². The molecule has 0 spiro atoms. The molecule has 0 saturated carbocycles. The Morgan fingerprint density at radius 1 is 1.41 bits per heavy atom. The van der Waals surface area contributed by atoms with E-state index in [2.05, 4.69) is 4.98 Å². The van der Waals surface area contributed by atoms with E-state index < -0.39 is 5.82 Å². The summed E-state index contributed by atoms with van der Waals surface area (Å²) in [5, 5.41) is 9.45. The molecule has 110 valence electrons. The summed E-state index contributed by atoms with van der Waals surface area (Å²) >= 11 is 1.49. The molecule has 0 aliphatic rings. The molecule has 4 nitrogen and oxygen atoms in total. The predicted molar refractivity (Wildman–Crippen MR) is 83.5 cm³/mol. The number of hydrogen-bond acceptors (Lipinski definition) is 4. The third-order valence-electron chi connectivity index (χ3n) is 3.43. The molecule has 0 unspecified atom stereocenters. The van der Waals surface area contributed by atoms with E-state index >= 15 is 0 Å². The fraction of sp³-hybridized carbons (Fsp3) is 0.188. The number of thiophene rings is 1. The summed E-state index contributed by atoms with van der Waals surface area (Å²) in [6, 6.07) is 7.92. The number of fused-ring (bicyclic) bond motifs is 1. The van der Waals surface area contributed by atoms with Gasteiger partial charge in [-0.3, -0.25) is 9.36 Å². The van der Waals surface area contributed by atoms with Crippen molar-refractivity contribution < 1.29 is 4.39 Å². The second-order valence-corrected chi connectivity index (χ2v) is 6.00. The van der Waals surface area contributed by atoms with Crippen LogP contribution in [-0.2, 0) is 13.0 Å². The lowest BCUT2D eigenvalue weighted by atomic mass is 10.1. The molecule has 0 amide bonds. The first kappa shape index (κ1) is 14.4. The summed E-state index contributed by atoms with van der Waals surface area (Å²) in [7, 11) is 0. The third-order valence-corrected chi connectivity index (χ3v) is 4.62. The second-order valence-electron chi connectivity index (χ2n) is 4.88. The van der Waals surface area contributed by atoms with E-state index in [9.17, 15) is 9.18 Å². The van der Waals surface area contributed by atoms with Crippen molar-refractivity contribution in [3.05, 3.63) is 62.8 Å². The zero-order valence-corrected chi connectivity index (χ0v) is 12.7. The van der Waals surface area contributed by atoms with Gasteiger partial charge in [0.1, 0.15) is 10.6 Å². The number of aromatic nitrogens is 2. The first-order valence-electron chi connectivity index (χ1n) is 6.78. The highest BCUT2D eigenvalue weighted by Crippen LogP contribution is 2.21. The smallest absolute Gasteiger partial charge is 0.262 e. The Kier molecular flexibility index (Phi) is 3.73. The average molecular weight is 313 g/mol. The van der Waals surface area contributed by atoms with Gasteiger partial charge in [0.05, 0.1) is 29.9 Å². The molecule has 22 heavy (non-hydrogen) atoms. The van der Waals surface area contributed by atoms with Crippen LogP contribution < -0.4 is 5.56 Å². The van der Waals surface area contributed by atoms with Gasteiger partial charge in [-0.15, -0.1) is 11.3 Å². The summed E-state index contributed by atoms with van der Waals surface area (Å²) < 4.78 is 15.2. The minimum absolute atomic E-state index is 0.0560. The Balaban J connectivity index is 2.06. The lowest BCUT2D eigenvalue weighted by Crippen LogP contribution is -2.21. The van der Waals surface area contributed by atoms with Crippen LogP contribution in [0.1, 0.15) is 22.9 Å². The number of nitriles is 1. The lowest BCUT2D eigenvalue weighted by molar-refractivity contribution is 0.595. The van der Waals surface area contributed by atoms with Crippen LogP contribution in [0, 0.1) is 17.1 Å². The molecule has 0 saturated heterocycles. The molecular weight excluding hydrogens is 301 g/mol. The summed E-state index contributed by atoms with van der Waals surface area (Å²) in [6.07, 6.45) is 2.28. The number of rotatable bonds is 3. The van der Waals surface area contributed by atoms with Crippen molar-refractivity contribution in [3.63, 3.8) is 0 Å². The molecular formula is C16H12FN3OS. The van der Waals surface area contributed by atoms with Gasteiger partial charge in [0.25, 0.3) is 5.56 Å². The van der Waals surface area contributed by atoms with E-state index in [-0.39, 0.29) is 12.1 Å². The Morgan fingerprint density at radius 3 is 2.95 bits per heavy atom. The Bertz CT molecular complexity index is 952. The van der Waals surface area contributed by atoms with E-state index in [4.69, 9.17) is 5.26 Å². The van der Waals surface area contributed by atoms with E-state index in [1.54, 1.807) is 0 Å². The number of hydrogen-bond donors (Lipinski definition) is 0. The normalized spacial score (nSPS) is 10.8. The van der Waals surface area contributed by atoms with Crippen molar-refractivity contribution in [2.75, 3.05) is 0 Å². The van der Waals surface area contributed by atoms with Gasteiger partial charge >= 0.3 is 0 Å². The van der Waals surface area contributed by atoms with Crippen LogP contribution in [0.3, 0.4) is 0 Å². The van der Waals surface area contributed by atoms with Crippen molar-refractivity contribution in [2.45, 2.75) is 19.9 Å². The molecule has 2 heterocycles. The number of nitrogens with zero attached hydrogens (tertiary/aromatic N) is 3. The lowest BCUT2D eigenvalue weighted by Gasteiger charge is -2.06. The van der Waals surface area contributed by atoms with Crippen LogP contribution in [-0.4, -0.2) is 9.55 Å². The van der Waals surface area contributed by atoms with Crippen molar-refractivity contribution >= 4 is 21.6 Å². The van der Waals surface area contributed by atoms with E-state index in [1.807, 2.05) is 19.1 Å². The monoisotopic (exact) mass is 313 g/mol. The van der Waals surface area contributed by atoms with Gasteiger partial charge in [-0.25, -0.2) is 9.37 Å². The SMILES string of the molecule is CCc1cc2c(=O)n(Cc3cc(C#N)ccc3F)cnc2s1. The maximum absolute atomic E-state index is 13.9. The molecule has 3 rings (SSSR count). The molecule has 0 fully saturated rings. The standard InChI is InChI=1S/C16H12FN3OS/c1-2-12-6-13-15(22-12)19-9-20(16(13)21)8-11-5-10(7-18)3-4-14(11)17/h3-6,9H,2,8H2,1H3. The van der Waals surface area contributed by atoms with Crippen molar-refractivity contribution in [1.82, 2.24) is 9.55 Å². The third kappa shape index (κ3) is 2.51. The summed E-state index contributed by atoms with van der Waals surface area (Å²) in [5.74, 6) is -0.439. The zero-order chi connectivity index (χ0) is 15.7. The molecule has 0 bridgehead atoms. The fourth-order valence-corrected chi connectivity index (χ4v) is 3.17. The molecule has 0 aliphatic heterocycles. The van der Waals surface area contributed by atoms with Gasteiger partial charge < -0.3 is 0 Å². The maximum atomic E-state index is 13.9. The van der Waals surface area contributed by atoms with Crippen molar-refractivity contribution in [2.24, 2.45) is 0 Å². The first-order chi connectivity index (χ1) is 10.6. The van der Waals surface area contributed by atoms with E-state index in [1.165, 1.54) is 40.4 Å². The summed E-state index contributed by atoms with van der Waals surface area (Å²) in [4.78, 5) is 18.5. The van der Waals surface area contributed by atoms with Crippen LogP contribution >= 0.6 is 11.3 Å². The molecule has 3 aromatic rings. The summed E-state index contributed by atoms with van der Waals surface area (Å²) in [6.45, 7) is 2.08. The average Bonchev–Trinajstić information content (AvgIpc) is 2.96. The molecule has 6 heteroatoms. The van der Waals surface area contributed by atoms with Gasteiger partial charge in [0.2, 0.25) is 0 Å². The van der Waals surface area contributed by atoms with Crippen LogP contribution in [0.25, 0.3) is 10.2 Å². The summed E-state index contributed by atoms with van der Waals surface area (Å²) in [5.41, 5.74) is 0.471. The van der Waals surface area contributed by atoms with E-state index in [0.717, 1.165) is 11.3 Å². The van der Waals surface area contributed by atoms with Gasteiger partial charge in [0.15, 0.2) is 0 Å². The van der Waals surface area contributed by atoms with Crippen LogP contribution in [0.4, 0.5) is 4.39 Å². The highest BCUT2D eigenvalue weighted by atomic mass is 32.1. The minimum atomic E-state index is -0.439. The van der Waals surface area contributed by atoms with Crippen LogP contribution in [0.2, 0.25) is 0 Å². The van der Waals surface area contributed by atoms with Gasteiger partial charge in [-0.2, -0.15) is 5.26 Å². The molecule has 0 N–H and O–H groups in total. The molecule has 2 aromatic heterocycles. The van der Waals surface area contributed by atoms with Gasteiger partial charge in [-0.1, -0.05) is 6.92 Å². The molecule has 0 aliphatic carbocycles. The highest BCUT2D eigenvalue weighted by molar-refractivity contribution is 7.18. The topological polar surface area (TPSA) is 58.7 Å². The second kappa shape index (κ2) is 5.70. The zero-order valence-electron chi connectivity index (χ0n) is 11.8.